The zero-order chi connectivity index (χ0) is 42.2. The van der Waals surface area contributed by atoms with Crippen LogP contribution in [0.25, 0.3) is 0 Å². The first-order valence-electron chi connectivity index (χ1n) is 17.6. The number of rotatable bonds is 13. The molecule has 5 aliphatic rings. The molecule has 25 atom stereocenters. The van der Waals surface area contributed by atoms with Gasteiger partial charge in [-0.25, -0.2) is 4.79 Å². The molecule has 5 aliphatic heterocycles. The van der Waals surface area contributed by atoms with Gasteiger partial charge in [-0.2, -0.15) is 0 Å². The van der Waals surface area contributed by atoms with E-state index in [0.717, 1.165) is 0 Å². The number of carbonyl (C=O) groups is 1. The van der Waals surface area contributed by atoms with Crippen LogP contribution in [0.1, 0.15) is 0 Å². The highest BCUT2D eigenvalue weighted by atomic mass is 16.8. The molecule has 0 bridgehead atoms. The summed E-state index contributed by atoms with van der Waals surface area (Å²) in [4.78, 5) is 11.4. The molecule has 5 fully saturated rings. The lowest BCUT2D eigenvalue weighted by molar-refractivity contribution is -0.392. The summed E-state index contributed by atoms with van der Waals surface area (Å²) in [6.07, 6.45) is -48.3. The minimum Gasteiger partial charge on any atom is -0.479 e. The van der Waals surface area contributed by atoms with Crippen LogP contribution >= 0.6 is 0 Å². The topological polar surface area (TPSA) is 444 Å². The summed E-state index contributed by atoms with van der Waals surface area (Å²) in [5, 5.41) is 176. The molecule has 1 unspecified atom stereocenters. The molecule has 0 spiro atoms. The van der Waals surface area contributed by atoms with Crippen molar-refractivity contribution < 1.29 is 134 Å². The maximum atomic E-state index is 11.4. The molecule has 17 N–H and O–H groups in total. The van der Waals surface area contributed by atoms with Crippen LogP contribution in [0.5, 0.6) is 0 Å². The van der Waals surface area contributed by atoms with Gasteiger partial charge >= 0.3 is 5.97 Å². The summed E-state index contributed by atoms with van der Waals surface area (Å²) >= 11 is 0. The van der Waals surface area contributed by atoms with Crippen molar-refractivity contribution >= 4 is 5.97 Å². The van der Waals surface area contributed by atoms with Crippen LogP contribution < -0.4 is 0 Å². The van der Waals surface area contributed by atoms with E-state index in [0.29, 0.717) is 0 Å². The summed E-state index contributed by atoms with van der Waals surface area (Å²) in [6, 6.07) is 0. The molecule has 5 heterocycles. The normalized spacial score (nSPS) is 52.4. The second-order valence-corrected chi connectivity index (χ2v) is 14.0. The van der Waals surface area contributed by atoms with Crippen molar-refractivity contribution in [3.63, 3.8) is 0 Å². The molecule has 0 saturated carbocycles. The van der Waals surface area contributed by atoms with E-state index in [9.17, 15) is 91.6 Å². The van der Waals surface area contributed by atoms with Crippen LogP contribution in [0.3, 0.4) is 0 Å². The molecular formula is C30H50O27. The van der Waals surface area contributed by atoms with Crippen molar-refractivity contribution in [2.24, 2.45) is 0 Å². The Bertz CT molecular complexity index is 1280. The van der Waals surface area contributed by atoms with E-state index in [-0.39, 0.29) is 0 Å². The number of hydrogen-bond acceptors (Lipinski definition) is 26. The van der Waals surface area contributed by atoms with E-state index < -0.39 is 186 Å². The summed E-state index contributed by atoms with van der Waals surface area (Å²) in [5.74, 6) is -1.75. The van der Waals surface area contributed by atoms with Crippen LogP contribution in [0, 0.1) is 0 Å². The van der Waals surface area contributed by atoms with Crippen molar-refractivity contribution in [1.82, 2.24) is 0 Å². The minimum absolute atomic E-state index is 0.820. The standard InChI is InChI=1S/C30H50O27/c31-1-5-9(35)10(36)14(40)27(49-5)54-20-6(2-32)50-28(15(41)11(20)37)55-21-7(3-33)51-29(16(42)12(21)38)56-22-8(4-34)52-30(17(43)13(22)39)57-23-18(44)24(25(46)47)53-26(48)19(23)45/h5-24,26-45,48H,1-4H2,(H,46,47)/t5-,6-,7-,8-,9-,10+,11-,12-,13-,14-,15-,16+,17+,18+,19-,20-,21-,22-,23+,24+,26?,27+,28+,29+,30-/m1/s1. The molecule has 0 amide bonds. The summed E-state index contributed by atoms with van der Waals surface area (Å²) in [7, 11) is 0. The zero-order valence-corrected chi connectivity index (χ0v) is 29.4. The first-order valence-corrected chi connectivity index (χ1v) is 17.6. The van der Waals surface area contributed by atoms with Gasteiger partial charge in [0.1, 0.15) is 116 Å². The van der Waals surface area contributed by atoms with Crippen molar-refractivity contribution in [3.8, 4) is 0 Å². The first-order chi connectivity index (χ1) is 26.9. The summed E-state index contributed by atoms with van der Waals surface area (Å²) in [6.45, 7) is -3.79. The lowest BCUT2D eigenvalue weighted by atomic mass is 9.95. The maximum absolute atomic E-state index is 11.4. The lowest BCUT2D eigenvalue weighted by Crippen LogP contribution is -2.68. The van der Waals surface area contributed by atoms with Crippen LogP contribution in [0.15, 0.2) is 0 Å². The fourth-order valence-electron chi connectivity index (χ4n) is 7.01. The molecule has 5 rings (SSSR count). The van der Waals surface area contributed by atoms with Gasteiger partial charge in [0.25, 0.3) is 0 Å². The van der Waals surface area contributed by atoms with Gasteiger partial charge in [0, 0.05) is 0 Å². The quantitative estimate of drug-likeness (QED) is 0.0818. The number of carboxylic acids is 1. The average Bonchev–Trinajstić information content (AvgIpc) is 3.19. The predicted octanol–water partition coefficient (Wildman–Crippen LogP) is -11.8. The van der Waals surface area contributed by atoms with E-state index in [4.69, 9.17) is 37.9 Å². The summed E-state index contributed by atoms with van der Waals surface area (Å²) < 4.78 is 48.4. The molecular weight excluding hydrogens is 792 g/mol. The van der Waals surface area contributed by atoms with E-state index >= 15 is 0 Å². The Morgan fingerprint density at radius 2 is 0.684 bits per heavy atom. The van der Waals surface area contributed by atoms with Gasteiger partial charge in [0.15, 0.2) is 37.6 Å². The highest BCUT2D eigenvalue weighted by Crippen LogP contribution is 2.35. The molecule has 332 valence electrons. The number of ether oxygens (including phenoxy) is 9. The molecule has 0 radical (unpaired) electrons. The minimum atomic E-state index is -2.18. The largest absolute Gasteiger partial charge is 0.479 e. The fourth-order valence-corrected chi connectivity index (χ4v) is 7.01. The Hall–Kier alpha value is -1.53. The van der Waals surface area contributed by atoms with E-state index in [1.54, 1.807) is 0 Å². The number of aliphatic carboxylic acids is 1. The highest BCUT2D eigenvalue weighted by molar-refractivity contribution is 5.73. The molecule has 5 saturated heterocycles. The fraction of sp³-hybridized carbons (Fsp3) is 0.967. The molecule has 27 heteroatoms. The highest BCUT2D eigenvalue weighted by Gasteiger charge is 2.56. The van der Waals surface area contributed by atoms with Crippen molar-refractivity contribution in [3.05, 3.63) is 0 Å². The van der Waals surface area contributed by atoms with Gasteiger partial charge in [-0.05, 0) is 0 Å². The number of carboxylic acid groups (broad SMARTS) is 1. The second kappa shape index (κ2) is 19.5. The first kappa shape index (κ1) is 46.5. The predicted molar refractivity (Wildman–Crippen MR) is 167 cm³/mol. The number of hydrogen-bond donors (Lipinski definition) is 17. The van der Waals surface area contributed by atoms with Crippen LogP contribution in [-0.4, -0.2) is 273 Å². The van der Waals surface area contributed by atoms with Crippen molar-refractivity contribution in [2.45, 2.75) is 154 Å². The van der Waals surface area contributed by atoms with Crippen LogP contribution in [-0.2, 0) is 47.4 Å². The maximum Gasteiger partial charge on any atom is 0.335 e. The lowest BCUT2D eigenvalue weighted by Gasteiger charge is -2.49. The Balaban J connectivity index is 1.23. The Morgan fingerprint density at radius 1 is 0.368 bits per heavy atom. The number of aliphatic hydroxyl groups excluding tert-OH is 16. The molecule has 0 aromatic carbocycles. The monoisotopic (exact) mass is 842 g/mol. The Labute approximate surface area is 320 Å². The van der Waals surface area contributed by atoms with Gasteiger partial charge < -0.3 is 129 Å². The molecule has 0 aliphatic carbocycles. The molecule has 57 heavy (non-hydrogen) atoms. The summed E-state index contributed by atoms with van der Waals surface area (Å²) in [5.41, 5.74) is 0. The van der Waals surface area contributed by atoms with Gasteiger partial charge in [-0.15, -0.1) is 0 Å². The van der Waals surface area contributed by atoms with E-state index in [1.807, 2.05) is 0 Å². The van der Waals surface area contributed by atoms with Crippen LogP contribution in [0.2, 0.25) is 0 Å². The third kappa shape index (κ3) is 9.38. The Kier molecular flexibility index (Phi) is 15.9. The van der Waals surface area contributed by atoms with Gasteiger partial charge in [-0.1, -0.05) is 0 Å². The molecule has 0 aromatic heterocycles. The van der Waals surface area contributed by atoms with Gasteiger partial charge in [-0.3, -0.25) is 0 Å². The van der Waals surface area contributed by atoms with Gasteiger partial charge in [0.2, 0.25) is 0 Å². The van der Waals surface area contributed by atoms with Crippen molar-refractivity contribution in [2.75, 3.05) is 26.4 Å². The third-order valence-electron chi connectivity index (χ3n) is 10.3. The smallest absolute Gasteiger partial charge is 0.335 e. The zero-order valence-electron chi connectivity index (χ0n) is 29.4. The Morgan fingerprint density at radius 3 is 1.02 bits per heavy atom. The SMILES string of the molecule is O=C(O)[C@H]1OC(O)[C@H](O)[C@@H](O[C@H]2O[C@H](CO)[C@@H](O[C@@H]3O[C@H](CO)[C@@H](O[C@@H]4O[C@H](CO)[C@@H](O[C@@H]5O[C@H](CO)[C@@H](O)[C@H](O)[C@H]5O)[C@H](O)[C@H]4O)[C@H](O)[C@@H]3O)[C@H](O)[C@@H]2O)[C@@H]1O. The van der Waals surface area contributed by atoms with Crippen molar-refractivity contribution in [1.29, 1.82) is 0 Å². The third-order valence-corrected chi connectivity index (χ3v) is 10.3. The number of aliphatic hydroxyl groups is 16. The average molecular weight is 843 g/mol. The van der Waals surface area contributed by atoms with E-state index in [1.165, 1.54) is 0 Å². The second-order valence-electron chi connectivity index (χ2n) is 14.0. The van der Waals surface area contributed by atoms with E-state index in [2.05, 4.69) is 4.74 Å². The molecule has 0 aromatic rings. The molecule has 27 nitrogen and oxygen atoms in total. The van der Waals surface area contributed by atoms with Crippen LogP contribution in [0.4, 0.5) is 0 Å². The van der Waals surface area contributed by atoms with Gasteiger partial charge in [0.05, 0.1) is 26.4 Å².